The van der Waals surface area contributed by atoms with E-state index >= 15 is 0 Å². The van der Waals surface area contributed by atoms with Crippen LogP contribution in [0.5, 0.6) is 0 Å². The van der Waals surface area contributed by atoms with Gasteiger partial charge in [-0.15, -0.1) is 0 Å². The molecule has 0 heterocycles. The van der Waals surface area contributed by atoms with Crippen LogP contribution in [0.25, 0.3) is 0 Å². The molecule has 5 heteroatoms. The molecule has 0 radical (unpaired) electrons. The maximum absolute atomic E-state index is 12.0. The fraction of sp³-hybridized carbons (Fsp3) is 0.417. The first-order valence-corrected chi connectivity index (χ1v) is 6.13. The minimum Gasteiger partial charge on any atom is -0.352 e. The van der Waals surface area contributed by atoms with Crippen molar-refractivity contribution >= 4 is 23.2 Å². The molecule has 0 unspecified atom stereocenters. The van der Waals surface area contributed by atoms with E-state index in [9.17, 15) is 4.79 Å². The van der Waals surface area contributed by atoms with Gasteiger partial charge in [-0.1, -0.05) is 18.0 Å². The lowest BCUT2D eigenvalue weighted by atomic mass is 9.85. The van der Waals surface area contributed by atoms with E-state index in [1.54, 1.807) is 18.2 Å². The van der Waals surface area contributed by atoms with Crippen molar-refractivity contribution in [1.29, 1.82) is 0 Å². The Kier molecular flexibility index (Phi) is 3.86. The SMILES string of the molecule is NNc1ccc(Cl)cc1C(=O)NCC1CCC1. The highest BCUT2D eigenvalue weighted by Gasteiger charge is 2.19. The van der Waals surface area contributed by atoms with E-state index in [1.165, 1.54) is 19.3 Å². The van der Waals surface area contributed by atoms with Gasteiger partial charge in [-0.2, -0.15) is 0 Å². The molecule has 0 spiro atoms. The molecule has 17 heavy (non-hydrogen) atoms. The maximum atomic E-state index is 12.0. The summed E-state index contributed by atoms with van der Waals surface area (Å²) in [5.74, 6) is 5.86. The Morgan fingerprint density at radius 3 is 2.82 bits per heavy atom. The topological polar surface area (TPSA) is 67.1 Å². The van der Waals surface area contributed by atoms with E-state index in [-0.39, 0.29) is 5.91 Å². The summed E-state index contributed by atoms with van der Waals surface area (Å²) in [5, 5.41) is 3.44. The molecule has 4 N–H and O–H groups in total. The number of nitrogen functional groups attached to an aromatic ring is 1. The first-order chi connectivity index (χ1) is 8.20. The van der Waals surface area contributed by atoms with Crippen molar-refractivity contribution in [1.82, 2.24) is 5.32 Å². The van der Waals surface area contributed by atoms with Crippen LogP contribution >= 0.6 is 11.6 Å². The number of hydrogen-bond donors (Lipinski definition) is 3. The molecule has 1 amide bonds. The molecule has 92 valence electrons. The molecule has 0 saturated heterocycles. The van der Waals surface area contributed by atoms with Crippen LogP contribution in [0, 0.1) is 5.92 Å². The number of rotatable bonds is 4. The third-order valence-corrected chi connectivity index (χ3v) is 3.39. The van der Waals surface area contributed by atoms with E-state index in [2.05, 4.69) is 10.7 Å². The molecule has 1 aromatic rings. The molecule has 1 aliphatic rings. The molecule has 0 aromatic heterocycles. The maximum Gasteiger partial charge on any atom is 0.253 e. The number of hydrazine groups is 1. The van der Waals surface area contributed by atoms with Gasteiger partial charge in [-0.25, -0.2) is 0 Å². The van der Waals surface area contributed by atoms with Gasteiger partial charge in [0.15, 0.2) is 0 Å². The summed E-state index contributed by atoms with van der Waals surface area (Å²) in [7, 11) is 0. The molecular weight excluding hydrogens is 238 g/mol. The predicted octanol–water partition coefficient (Wildman–Crippen LogP) is 2.16. The van der Waals surface area contributed by atoms with Crippen molar-refractivity contribution < 1.29 is 4.79 Å². The normalized spacial score (nSPS) is 15.2. The Bertz CT molecular complexity index is 418. The summed E-state index contributed by atoms with van der Waals surface area (Å²) in [6.07, 6.45) is 3.68. The summed E-state index contributed by atoms with van der Waals surface area (Å²) in [6.45, 7) is 0.732. The summed E-state index contributed by atoms with van der Waals surface area (Å²) in [6, 6.07) is 5.01. The Morgan fingerprint density at radius 2 is 2.24 bits per heavy atom. The Labute approximate surface area is 105 Å². The third kappa shape index (κ3) is 2.90. The number of nitrogens with one attached hydrogen (secondary N) is 2. The van der Waals surface area contributed by atoms with Crippen molar-refractivity contribution in [2.24, 2.45) is 11.8 Å². The van der Waals surface area contributed by atoms with E-state index in [1.807, 2.05) is 0 Å². The number of amides is 1. The van der Waals surface area contributed by atoms with Gasteiger partial charge in [-0.05, 0) is 37.0 Å². The summed E-state index contributed by atoms with van der Waals surface area (Å²) >= 11 is 5.87. The second kappa shape index (κ2) is 5.38. The monoisotopic (exact) mass is 253 g/mol. The Hall–Kier alpha value is -1.26. The molecule has 2 rings (SSSR count). The zero-order chi connectivity index (χ0) is 12.3. The minimum atomic E-state index is -0.132. The van der Waals surface area contributed by atoms with Crippen LogP contribution in [0.4, 0.5) is 5.69 Å². The molecule has 1 saturated carbocycles. The molecule has 1 aliphatic carbocycles. The number of anilines is 1. The largest absolute Gasteiger partial charge is 0.352 e. The van der Waals surface area contributed by atoms with E-state index < -0.39 is 0 Å². The highest BCUT2D eigenvalue weighted by Crippen LogP contribution is 2.25. The van der Waals surface area contributed by atoms with E-state index in [4.69, 9.17) is 17.4 Å². The van der Waals surface area contributed by atoms with Gasteiger partial charge < -0.3 is 10.7 Å². The van der Waals surface area contributed by atoms with Crippen LogP contribution in [0.3, 0.4) is 0 Å². The first-order valence-electron chi connectivity index (χ1n) is 5.75. The molecule has 4 nitrogen and oxygen atoms in total. The lowest BCUT2D eigenvalue weighted by Gasteiger charge is -2.25. The fourth-order valence-corrected chi connectivity index (χ4v) is 2.03. The van der Waals surface area contributed by atoms with Gasteiger partial charge in [0.25, 0.3) is 5.91 Å². The molecular formula is C12H16ClN3O. The number of carbonyl (C=O) groups is 1. The van der Waals surface area contributed by atoms with Crippen molar-refractivity contribution in [2.45, 2.75) is 19.3 Å². The number of carbonyl (C=O) groups excluding carboxylic acids is 1. The van der Waals surface area contributed by atoms with Gasteiger partial charge >= 0.3 is 0 Å². The van der Waals surface area contributed by atoms with E-state index in [0.717, 1.165) is 6.54 Å². The van der Waals surface area contributed by atoms with Gasteiger partial charge in [0.1, 0.15) is 0 Å². The average molecular weight is 254 g/mol. The zero-order valence-electron chi connectivity index (χ0n) is 9.50. The third-order valence-electron chi connectivity index (χ3n) is 3.16. The van der Waals surface area contributed by atoms with Crippen LogP contribution in [0.1, 0.15) is 29.6 Å². The smallest absolute Gasteiger partial charge is 0.253 e. The first kappa shape index (κ1) is 12.2. The van der Waals surface area contributed by atoms with Crippen LogP contribution in [-0.4, -0.2) is 12.5 Å². The number of hydrogen-bond acceptors (Lipinski definition) is 3. The zero-order valence-corrected chi connectivity index (χ0v) is 10.3. The van der Waals surface area contributed by atoms with Gasteiger partial charge in [0.05, 0.1) is 11.3 Å². The summed E-state index contributed by atoms with van der Waals surface area (Å²) in [5.41, 5.74) is 3.57. The average Bonchev–Trinajstić information content (AvgIpc) is 2.26. The molecule has 1 fully saturated rings. The standard InChI is InChI=1S/C12H16ClN3O/c13-9-4-5-11(16-14)10(6-9)12(17)15-7-8-2-1-3-8/h4-6,8,16H,1-3,7,14H2,(H,15,17). The van der Waals surface area contributed by atoms with Gasteiger partial charge in [0, 0.05) is 11.6 Å². The highest BCUT2D eigenvalue weighted by atomic mass is 35.5. The van der Waals surface area contributed by atoms with Crippen molar-refractivity contribution in [3.63, 3.8) is 0 Å². The van der Waals surface area contributed by atoms with E-state index in [0.29, 0.717) is 22.2 Å². The van der Waals surface area contributed by atoms with Crippen LogP contribution in [0.2, 0.25) is 5.02 Å². The number of benzene rings is 1. The predicted molar refractivity (Wildman–Crippen MR) is 68.9 cm³/mol. The van der Waals surface area contributed by atoms with Crippen molar-refractivity contribution in [2.75, 3.05) is 12.0 Å². The fourth-order valence-electron chi connectivity index (χ4n) is 1.86. The Morgan fingerprint density at radius 1 is 1.47 bits per heavy atom. The lowest BCUT2D eigenvalue weighted by Crippen LogP contribution is -2.32. The number of nitrogens with two attached hydrogens (primary N) is 1. The Balaban J connectivity index is 2.03. The van der Waals surface area contributed by atoms with Crippen LogP contribution < -0.4 is 16.6 Å². The van der Waals surface area contributed by atoms with Crippen molar-refractivity contribution in [3.05, 3.63) is 28.8 Å². The molecule has 0 atom stereocenters. The molecule has 0 aliphatic heterocycles. The highest BCUT2D eigenvalue weighted by molar-refractivity contribution is 6.31. The van der Waals surface area contributed by atoms with Crippen LogP contribution in [0.15, 0.2) is 18.2 Å². The summed E-state index contributed by atoms with van der Waals surface area (Å²) in [4.78, 5) is 12.0. The lowest BCUT2D eigenvalue weighted by molar-refractivity contribution is 0.0940. The second-order valence-electron chi connectivity index (χ2n) is 4.34. The molecule has 1 aromatic carbocycles. The van der Waals surface area contributed by atoms with Crippen LogP contribution in [-0.2, 0) is 0 Å². The van der Waals surface area contributed by atoms with Gasteiger partial charge in [-0.3, -0.25) is 10.6 Å². The molecule has 0 bridgehead atoms. The second-order valence-corrected chi connectivity index (χ2v) is 4.78. The van der Waals surface area contributed by atoms with Crippen molar-refractivity contribution in [3.8, 4) is 0 Å². The minimum absolute atomic E-state index is 0.132. The van der Waals surface area contributed by atoms with Gasteiger partial charge in [0.2, 0.25) is 0 Å². The summed E-state index contributed by atoms with van der Waals surface area (Å²) < 4.78 is 0. The quantitative estimate of drug-likeness (QED) is 0.569. The number of halogens is 1.